The van der Waals surface area contributed by atoms with Crippen molar-refractivity contribution in [2.45, 2.75) is 137 Å². The number of aliphatic carboxylic acids is 1. The van der Waals surface area contributed by atoms with Crippen molar-refractivity contribution < 1.29 is 24.1 Å². The van der Waals surface area contributed by atoms with E-state index in [1.54, 1.807) is 0 Å². The van der Waals surface area contributed by atoms with E-state index in [1.165, 1.54) is 49.7 Å². The monoisotopic (exact) mass is 715 g/mol. The topological polar surface area (TPSA) is 113 Å². The Balaban J connectivity index is 1.14. The first-order valence-electron chi connectivity index (χ1n) is 20.3. The zero-order chi connectivity index (χ0) is 36.1. The van der Waals surface area contributed by atoms with Crippen molar-refractivity contribution in [2.24, 2.45) is 57.2 Å². The van der Waals surface area contributed by atoms with Crippen molar-refractivity contribution in [3.8, 4) is 0 Å². The summed E-state index contributed by atoms with van der Waals surface area (Å²) in [5, 5.41) is 25.5. The summed E-state index contributed by atoms with van der Waals surface area (Å²) in [6.45, 7) is 20.6. The number of carboxylic acid groups (broad SMARTS) is 1. The number of nitrogens with one attached hydrogen (secondary N) is 1. The van der Waals surface area contributed by atoms with Gasteiger partial charge in [-0.05, 0) is 153 Å². The highest BCUT2D eigenvalue weighted by atomic mass is 32.3. The van der Waals surface area contributed by atoms with Crippen LogP contribution in [-0.4, -0.2) is 79.0 Å². The summed E-state index contributed by atoms with van der Waals surface area (Å²) in [6, 6.07) is 0. The molecule has 0 bridgehead atoms. The predicted molar refractivity (Wildman–Crippen MR) is 204 cm³/mol. The second-order valence-corrected chi connectivity index (χ2v) is 22.6. The van der Waals surface area contributed by atoms with Crippen LogP contribution in [0.3, 0.4) is 0 Å². The van der Waals surface area contributed by atoms with E-state index in [0.717, 1.165) is 58.3 Å². The van der Waals surface area contributed by atoms with Crippen LogP contribution in [0, 0.1) is 57.2 Å². The average Bonchev–Trinajstić information content (AvgIpc) is 3.42. The van der Waals surface area contributed by atoms with E-state index in [2.05, 4.69) is 70.8 Å². The van der Waals surface area contributed by atoms with Gasteiger partial charge in [0.2, 0.25) is 0 Å². The largest absolute Gasteiger partial charge is 0.481 e. The van der Waals surface area contributed by atoms with Crippen LogP contribution < -0.4 is 5.32 Å². The molecule has 10 atom stereocenters. The molecule has 5 N–H and O–H groups in total. The normalized spacial score (nSPS) is 46.4. The summed E-state index contributed by atoms with van der Waals surface area (Å²) in [4.78, 5) is 14.1. The third kappa shape index (κ3) is 5.82. The SMILES string of the molecule is CC(C)(O)[C@@H]1CC[C@]2(NCCN3CCS(O)(O)CC3)CC[C@]3(C)[C@H](CC[C@@H]4[C@@]5(C)CC=C(C6=CCC(C(=O)O)CC6)C(C)(C)[C@@H]5CC[C@]43C)[C@@H]12. The van der Waals surface area contributed by atoms with E-state index in [-0.39, 0.29) is 33.1 Å². The van der Waals surface area contributed by atoms with Crippen LogP contribution in [0.25, 0.3) is 0 Å². The lowest BCUT2D eigenvalue weighted by Crippen LogP contribution is -2.68. The fourth-order valence-corrected chi connectivity index (χ4v) is 15.9. The zero-order valence-corrected chi connectivity index (χ0v) is 33.2. The molecular formula is C42H70N2O5S. The van der Waals surface area contributed by atoms with Crippen LogP contribution in [0.15, 0.2) is 23.3 Å². The van der Waals surface area contributed by atoms with Crippen molar-refractivity contribution in [1.29, 1.82) is 0 Å². The van der Waals surface area contributed by atoms with Crippen molar-refractivity contribution >= 4 is 16.6 Å². The number of hydrogen-bond donors (Lipinski definition) is 5. The number of allylic oxidation sites excluding steroid dienone is 4. The molecule has 6 aliphatic carbocycles. The third-order valence-corrected chi connectivity index (χ3v) is 19.1. The van der Waals surface area contributed by atoms with Crippen molar-refractivity contribution in [2.75, 3.05) is 37.7 Å². The lowest BCUT2D eigenvalue weighted by Gasteiger charge is -2.72. The number of rotatable bonds is 7. The molecule has 0 aromatic carbocycles. The lowest BCUT2D eigenvalue weighted by molar-refractivity contribution is -0.226. The number of fused-ring (bicyclic) bond motifs is 7. The highest BCUT2D eigenvalue weighted by Crippen LogP contribution is 2.76. The molecule has 0 aromatic rings. The number of aliphatic hydroxyl groups is 1. The van der Waals surface area contributed by atoms with E-state index in [9.17, 15) is 24.1 Å². The van der Waals surface area contributed by atoms with Gasteiger partial charge in [0.1, 0.15) is 0 Å². The Kier molecular flexibility index (Phi) is 9.41. The van der Waals surface area contributed by atoms with Gasteiger partial charge in [-0.3, -0.25) is 18.8 Å². The molecule has 284 valence electrons. The Hall–Kier alpha value is -0.900. The molecule has 1 saturated heterocycles. The molecule has 8 heteroatoms. The Morgan fingerprint density at radius 3 is 2.28 bits per heavy atom. The molecule has 7 rings (SSSR count). The summed E-state index contributed by atoms with van der Waals surface area (Å²) in [5.41, 5.74) is 3.07. The van der Waals surface area contributed by atoms with Gasteiger partial charge < -0.3 is 15.5 Å². The van der Waals surface area contributed by atoms with Crippen LogP contribution in [0.1, 0.15) is 126 Å². The number of carbonyl (C=O) groups is 1. The fourth-order valence-electron chi connectivity index (χ4n) is 14.6. The summed E-state index contributed by atoms with van der Waals surface area (Å²) >= 11 is 0. The lowest BCUT2D eigenvalue weighted by atomic mass is 9.32. The van der Waals surface area contributed by atoms with E-state index < -0.39 is 22.2 Å². The highest BCUT2D eigenvalue weighted by molar-refractivity contribution is 8.24. The molecule has 7 aliphatic rings. The van der Waals surface area contributed by atoms with Gasteiger partial charge >= 0.3 is 5.97 Å². The first kappa shape index (κ1) is 37.4. The molecule has 50 heavy (non-hydrogen) atoms. The standard InChI is InChI=1S/C42H70N2O5S/c1-37(2)30(28-8-10-29(11-9-28)36(45)46)14-17-39(5)33(37)16-18-41(7)34(39)13-12-32-35-31(38(3,4)47)15-19-42(35,21-20-40(32,41)6)43-22-23-44-24-26-50(48,49)27-25-44/h8,14,29,31-35,43,47-49H,9-13,15-27H2,1-7H3,(H,45,46)/t29?,31-,32-,33+,34-,35-,39+,40-,41-,42+/m1/s1. The second kappa shape index (κ2) is 12.6. The van der Waals surface area contributed by atoms with E-state index in [0.29, 0.717) is 47.5 Å². The quantitative estimate of drug-likeness (QED) is 0.180. The number of hydrogen-bond acceptors (Lipinski definition) is 6. The van der Waals surface area contributed by atoms with Gasteiger partial charge in [-0.25, -0.2) is 0 Å². The maximum absolute atomic E-state index is 11.7. The van der Waals surface area contributed by atoms with Gasteiger partial charge in [0.25, 0.3) is 0 Å². The molecule has 0 aromatic heterocycles. The Labute approximate surface area is 304 Å². The minimum absolute atomic E-state index is 0.0652. The van der Waals surface area contributed by atoms with Gasteiger partial charge in [0.15, 0.2) is 0 Å². The van der Waals surface area contributed by atoms with Crippen molar-refractivity contribution in [3.05, 3.63) is 23.3 Å². The van der Waals surface area contributed by atoms with E-state index >= 15 is 0 Å². The van der Waals surface area contributed by atoms with Gasteiger partial charge in [-0.2, -0.15) is 10.6 Å². The fraction of sp³-hybridized carbons (Fsp3) is 0.881. The first-order valence-corrected chi connectivity index (χ1v) is 22.2. The molecular weight excluding hydrogens is 645 g/mol. The van der Waals surface area contributed by atoms with Gasteiger partial charge in [-0.1, -0.05) is 46.8 Å². The summed E-state index contributed by atoms with van der Waals surface area (Å²) in [7, 11) is -2.38. The second-order valence-electron chi connectivity index (χ2n) is 20.2. The van der Waals surface area contributed by atoms with Crippen LogP contribution in [0.5, 0.6) is 0 Å². The summed E-state index contributed by atoms with van der Waals surface area (Å²) in [5.74, 6) is 2.73. The number of carboxylic acids is 1. The molecule has 0 spiro atoms. The minimum Gasteiger partial charge on any atom is -0.481 e. The molecule has 1 unspecified atom stereocenters. The van der Waals surface area contributed by atoms with Crippen molar-refractivity contribution in [1.82, 2.24) is 10.2 Å². The third-order valence-electron chi connectivity index (χ3n) is 17.4. The maximum Gasteiger partial charge on any atom is 0.306 e. The molecule has 1 aliphatic heterocycles. The van der Waals surface area contributed by atoms with Crippen LogP contribution in [0.4, 0.5) is 0 Å². The first-order chi connectivity index (χ1) is 23.3. The van der Waals surface area contributed by atoms with Crippen LogP contribution >= 0.6 is 10.6 Å². The summed E-state index contributed by atoms with van der Waals surface area (Å²) in [6.07, 6.45) is 18.0. The Morgan fingerprint density at radius 1 is 0.920 bits per heavy atom. The summed E-state index contributed by atoms with van der Waals surface area (Å²) < 4.78 is 20.3. The zero-order valence-electron chi connectivity index (χ0n) is 32.4. The van der Waals surface area contributed by atoms with E-state index in [1.807, 2.05) is 0 Å². The molecule has 4 saturated carbocycles. The molecule has 5 fully saturated rings. The van der Waals surface area contributed by atoms with Gasteiger partial charge in [0.05, 0.1) is 23.0 Å². The number of nitrogens with zero attached hydrogens (tertiary/aromatic N) is 1. The minimum atomic E-state index is -2.38. The maximum atomic E-state index is 11.7. The highest BCUT2D eigenvalue weighted by Gasteiger charge is 2.71. The predicted octanol–water partition coefficient (Wildman–Crippen LogP) is 8.59. The van der Waals surface area contributed by atoms with Crippen LogP contribution in [0.2, 0.25) is 0 Å². The van der Waals surface area contributed by atoms with Gasteiger partial charge in [-0.15, -0.1) is 0 Å². The average molecular weight is 715 g/mol. The molecule has 0 radical (unpaired) electrons. The Bertz CT molecular complexity index is 1390. The van der Waals surface area contributed by atoms with Gasteiger partial charge in [0, 0.05) is 31.7 Å². The molecule has 1 heterocycles. The smallest absolute Gasteiger partial charge is 0.306 e. The Morgan fingerprint density at radius 2 is 1.64 bits per heavy atom. The molecule has 7 nitrogen and oxygen atoms in total. The van der Waals surface area contributed by atoms with Crippen molar-refractivity contribution in [3.63, 3.8) is 0 Å². The molecule has 0 amide bonds. The van der Waals surface area contributed by atoms with E-state index in [4.69, 9.17) is 0 Å². The van der Waals surface area contributed by atoms with Crippen LogP contribution in [-0.2, 0) is 4.79 Å².